The van der Waals surface area contributed by atoms with Gasteiger partial charge in [0.2, 0.25) is 5.88 Å². The molecule has 100 valence electrons. The van der Waals surface area contributed by atoms with E-state index in [1.54, 1.807) is 30.5 Å². The van der Waals surface area contributed by atoms with Crippen LogP contribution in [0.25, 0.3) is 10.8 Å². The summed E-state index contributed by atoms with van der Waals surface area (Å²) in [6, 6.07) is 14.8. The van der Waals surface area contributed by atoms with Crippen molar-refractivity contribution in [1.82, 2.24) is 4.98 Å². The van der Waals surface area contributed by atoms with Gasteiger partial charge in [-0.1, -0.05) is 29.8 Å². The molecule has 0 atom stereocenters. The van der Waals surface area contributed by atoms with Crippen LogP contribution >= 0.6 is 11.6 Å². The number of fused-ring (bicyclic) bond motifs is 1. The van der Waals surface area contributed by atoms with Crippen LogP contribution in [0.15, 0.2) is 54.7 Å². The number of aliphatic hydroxyl groups excluding tert-OH is 1. The summed E-state index contributed by atoms with van der Waals surface area (Å²) < 4.78 is 5.79. The maximum atomic E-state index is 9.35. The molecule has 0 saturated heterocycles. The third-order valence-electron chi connectivity index (χ3n) is 3.04. The highest BCUT2D eigenvalue weighted by atomic mass is 35.5. The van der Waals surface area contributed by atoms with Crippen molar-refractivity contribution in [2.24, 2.45) is 0 Å². The number of rotatable bonds is 3. The Hall–Kier alpha value is -2.10. The van der Waals surface area contributed by atoms with Gasteiger partial charge >= 0.3 is 0 Å². The molecule has 0 aliphatic carbocycles. The maximum absolute atomic E-state index is 9.35. The number of aliphatic hydroxyl groups is 1. The van der Waals surface area contributed by atoms with Crippen molar-refractivity contribution in [1.29, 1.82) is 0 Å². The minimum atomic E-state index is -0.0469. The summed E-state index contributed by atoms with van der Waals surface area (Å²) in [7, 11) is 0. The van der Waals surface area contributed by atoms with Gasteiger partial charge in [-0.3, -0.25) is 0 Å². The van der Waals surface area contributed by atoms with Crippen LogP contribution in [-0.4, -0.2) is 10.1 Å². The van der Waals surface area contributed by atoms with Crippen molar-refractivity contribution in [3.63, 3.8) is 0 Å². The van der Waals surface area contributed by atoms with Crippen LogP contribution in [0.4, 0.5) is 0 Å². The minimum absolute atomic E-state index is 0.0469. The molecule has 4 heteroatoms. The van der Waals surface area contributed by atoms with Crippen molar-refractivity contribution in [3.8, 4) is 11.6 Å². The number of hydrogen-bond donors (Lipinski definition) is 1. The number of pyridine rings is 1. The summed E-state index contributed by atoms with van der Waals surface area (Å²) in [5.74, 6) is 1.18. The molecule has 20 heavy (non-hydrogen) atoms. The molecular weight excluding hydrogens is 274 g/mol. The van der Waals surface area contributed by atoms with Crippen molar-refractivity contribution < 1.29 is 9.84 Å². The van der Waals surface area contributed by atoms with Crippen LogP contribution in [0.5, 0.6) is 11.6 Å². The van der Waals surface area contributed by atoms with Gasteiger partial charge in [0.25, 0.3) is 0 Å². The van der Waals surface area contributed by atoms with Crippen molar-refractivity contribution in [2.75, 3.05) is 0 Å². The predicted molar refractivity (Wildman–Crippen MR) is 79.2 cm³/mol. The quantitative estimate of drug-likeness (QED) is 0.785. The summed E-state index contributed by atoms with van der Waals surface area (Å²) in [5.41, 5.74) is 0.782. The van der Waals surface area contributed by atoms with E-state index in [1.807, 2.05) is 24.3 Å². The normalized spacial score (nSPS) is 10.7. The Morgan fingerprint density at radius 3 is 2.40 bits per heavy atom. The Morgan fingerprint density at radius 1 is 1.00 bits per heavy atom. The standard InChI is InChI=1S/C16H12ClNO2/c17-12-5-7-13(8-6-12)20-16-15-4-2-1-3-14(15)11(10-19)9-18-16/h1-9,19H,10H2. The molecule has 1 N–H and O–H groups in total. The summed E-state index contributed by atoms with van der Waals surface area (Å²) >= 11 is 5.85. The molecule has 3 nitrogen and oxygen atoms in total. The summed E-state index contributed by atoms with van der Waals surface area (Å²) in [4.78, 5) is 4.28. The van der Waals surface area contributed by atoms with Crippen LogP contribution in [0.2, 0.25) is 5.02 Å². The van der Waals surface area contributed by atoms with E-state index < -0.39 is 0 Å². The Kier molecular flexibility index (Phi) is 3.54. The number of hydrogen-bond acceptors (Lipinski definition) is 3. The first-order valence-electron chi connectivity index (χ1n) is 6.19. The highest BCUT2D eigenvalue weighted by molar-refractivity contribution is 6.30. The average molecular weight is 286 g/mol. The molecule has 3 rings (SSSR count). The zero-order valence-corrected chi connectivity index (χ0v) is 11.3. The number of ether oxygens (including phenoxy) is 1. The first kappa shape index (κ1) is 12.9. The van der Waals surface area contributed by atoms with Gasteiger partial charge in [-0.05, 0) is 35.7 Å². The van der Waals surface area contributed by atoms with E-state index in [-0.39, 0.29) is 6.61 Å². The van der Waals surface area contributed by atoms with Crippen molar-refractivity contribution >= 4 is 22.4 Å². The van der Waals surface area contributed by atoms with E-state index in [4.69, 9.17) is 16.3 Å². The number of nitrogens with zero attached hydrogens (tertiary/aromatic N) is 1. The first-order valence-corrected chi connectivity index (χ1v) is 6.56. The second-order valence-electron chi connectivity index (χ2n) is 4.35. The molecule has 0 fully saturated rings. The largest absolute Gasteiger partial charge is 0.438 e. The molecule has 0 unspecified atom stereocenters. The lowest BCUT2D eigenvalue weighted by atomic mass is 10.1. The van der Waals surface area contributed by atoms with Crippen LogP contribution in [0, 0.1) is 0 Å². The van der Waals surface area contributed by atoms with Gasteiger partial charge in [-0.25, -0.2) is 4.98 Å². The lowest BCUT2D eigenvalue weighted by molar-refractivity contribution is 0.283. The van der Waals surface area contributed by atoms with Gasteiger partial charge in [0.15, 0.2) is 0 Å². The molecule has 0 aliphatic heterocycles. The van der Waals surface area contributed by atoms with Crippen molar-refractivity contribution in [2.45, 2.75) is 6.61 Å². The first-order chi connectivity index (χ1) is 9.78. The zero-order chi connectivity index (χ0) is 13.9. The van der Waals surface area contributed by atoms with E-state index in [9.17, 15) is 5.11 Å². The summed E-state index contributed by atoms with van der Waals surface area (Å²) in [5, 5.41) is 11.8. The maximum Gasteiger partial charge on any atom is 0.227 e. The van der Waals surface area contributed by atoms with E-state index in [0.717, 1.165) is 16.3 Å². The second-order valence-corrected chi connectivity index (χ2v) is 4.78. The lowest BCUT2D eigenvalue weighted by Crippen LogP contribution is -1.93. The fourth-order valence-electron chi connectivity index (χ4n) is 2.05. The molecule has 0 saturated carbocycles. The Bertz CT molecular complexity index is 741. The molecule has 3 aromatic rings. The van der Waals surface area contributed by atoms with Crippen LogP contribution in [0.3, 0.4) is 0 Å². The summed E-state index contributed by atoms with van der Waals surface area (Å²) in [6.07, 6.45) is 1.63. The molecule has 0 amide bonds. The fraction of sp³-hybridized carbons (Fsp3) is 0.0625. The molecule has 0 aliphatic rings. The van der Waals surface area contributed by atoms with Crippen LogP contribution in [-0.2, 0) is 6.61 Å². The van der Waals surface area contributed by atoms with E-state index in [2.05, 4.69) is 4.98 Å². The van der Waals surface area contributed by atoms with Gasteiger partial charge in [-0.2, -0.15) is 0 Å². The highest BCUT2D eigenvalue weighted by Crippen LogP contribution is 2.30. The Labute approximate surface area is 121 Å². The lowest BCUT2D eigenvalue weighted by Gasteiger charge is -2.10. The molecule has 0 spiro atoms. The number of benzene rings is 2. The van der Waals surface area contributed by atoms with Gasteiger partial charge in [-0.15, -0.1) is 0 Å². The van der Waals surface area contributed by atoms with E-state index in [1.165, 1.54) is 0 Å². The molecule has 1 heterocycles. The fourth-order valence-corrected chi connectivity index (χ4v) is 2.17. The second kappa shape index (κ2) is 5.49. The van der Waals surface area contributed by atoms with Gasteiger partial charge in [0, 0.05) is 22.2 Å². The Morgan fingerprint density at radius 2 is 1.70 bits per heavy atom. The van der Waals surface area contributed by atoms with Crippen LogP contribution in [0.1, 0.15) is 5.56 Å². The average Bonchev–Trinajstić information content (AvgIpc) is 2.50. The predicted octanol–water partition coefficient (Wildman–Crippen LogP) is 4.17. The molecule has 2 aromatic carbocycles. The third-order valence-corrected chi connectivity index (χ3v) is 3.29. The van der Waals surface area contributed by atoms with Crippen LogP contribution < -0.4 is 4.74 Å². The van der Waals surface area contributed by atoms with Crippen molar-refractivity contribution in [3.05, 3.63) is 65.3 Å². The topological polar surface area (TPSA) is 42.4 Å². The smallest absolute Gasteiger partial charge is 0.227 e. The zero-order valence-electron chi connectivity index (χ0n) is 10.6. The van der Waals surface area contributed by atoms with E-state index >= 15 is 0 Å². The molecule has 0 bridgehead atoms. The molecular formula is C16H12ClNO2. The molecule has 0 radical (unpaired) electrons. The minimum Gasteiger partial charge on any atom is -0.438 e. The van der Waals surface area contributed by atoms with Gasteiger partial charge in [0.05, 0.1) is 6.61 Å². The number of halogens is 1. The highest BCUT2D eigenvalue weighted by Gasteiger charge is 2.08. The number of aromatic nitrogens is 1. The van der Waals surface area contributed by atoms with Gasteiger partial charge < -0.3 is 9.84 Å². The van der Waals surface area contributed by atoms with Gasteiger partial charge in [0.1, 0.15) is 5.75 Å². The molecule has 1 aromatic heterocycles. The SMILES string of the molecule is OCc1cnc(Oc2ccc(Cl)cc2)c2ccccc12. The van der Waals surface area contributed by atoms with E-state index in [0.29, 0.717) is 16.7 Å². The third kappa shape index (κ3) is 2.46. The summed E-state index contributed by atoms with van der Waals surface area (Å²) in [6.45, 7) is -0.0469. The monoisotopic (exact) mass is 285 g/mol. The Balaban J connectivity index is 2.06.